The number of carbonyl (C=O) groups excluding carboxylic acids is 1. The third-order valence-electron chi connectivity index (χ3n) is 4.91. The van der Waals surface area contributed by atoms with Crippen LogP contribution in [0.25, 0.3) is 0 Å². The van der Waals surface area contributed by atoms with Crippen molar-refractivity contribution in [3.8, 4) is 0 Å². The molecule has 2 aliphatic rings. The maximum Gasteiger partial charge on any atom is 0.224 e. The fourth-order valence-electron chi connectivity index (χ4n) is 3.60. The fourth-order valence-corrected chi connectivity index (χ4v) is 3.60. The van der Waals surface area contributed by atoms with Crippen LogP contribution in [-0.2, 0) is 11.2 Å². The molecule has 2 unspecified atom stereocenters. The van der Waals surface area contributed by atoms with Crippen molar-refractivity contribution >= 4 is 5.91 Å². The van der Waals surface area contributed by atoms with Gasteiger partial charge >= 0.3 is 0 Å². The summed E-state index contributed by atoms with van der Waals surface area (Å²) in [6, 6.07) is 13.9. The van der Waals surface area contributed by atoms with Gasteiger partial charge in [0.2, 0.25) is 5.91 Å². The molecule has 0 aromatic heterocycles. The Labute approximate surface area is 134 Å². The molecule has 1 fully saturated rings. The van der Waals surface area contributed by atoms with Gasteiger partial charge in [0.1, 0.15) is 5.82 Å². The molecule has 0 spiro atoms. The third-order valence-corrected chi connectivity index (χ3v) is 4.91. The van der Waals surface area contributed by atoms with Crippen LogP contribution in [0.2, 0.25) is 0 Å². The summed E-state index contributed by atoms with van der Waals surface area (Å²) in [5.41, 5.74) is 2.96. The third kappa shape index (κ3) is 2.63. The molecule has 1 amide bonds. The van der Waals surface area contributed by atoms with Crippen molar-refractivity contribution < 1.29 is 14.3 Å². The molecular formula is C19H18FNO2. The number of halogens is 1. The monoisotopic (exact) mass is 311 g/mol. The lowest BCUT2D eigenvalue weighted by atomic mass is 10.1. The molecule has 2 aliphatic carbocycles. The van der Waals surface area contributed by atoms with Crippen molar-refractivity contribution in [2.24, 2.45) is 5.92 Å². The summed E-state index contributed by atoms with van der Waals surface area (Å²) in [5, 5.41) is 13.2. The van der Waals surface area contributed by atoms with E-state index in [-0.39, 0.29) is 29.6 Å². The van der Waals surface area contributed by atoms with Crippen molar-refractivity contribution in [3.05, 3.63) is 71.0 Å². The lowest BCUT2D eigenvalue weighted by Gasteiger charge is -2.18. The van der Waals surface area contributed by atoms with Crippen LogP contribution in [0.15, 0.2) is 48.5 Å². The Kier molecular flexibility index (Phi) is 3.42. The molecule has 4 atom stereocenters. The maximum absolute atomic E-state index is 13.3. The molecule has 2 aromatic rings. The second-order valence-corrected chi connectivity index (χ2v) is 6.46. The second-order valence-electron chi connectivity index (χ2n) is 6.46. The van der Waals surface area contributed by atoms with E-state index in [0.717, 1.165) is 23.1 Å². The van der Waals surface area contributed by atoms with Crippen molar-refractivity contribution in [1.82, 2.24) is 5.32 Å². The summed E-state index contributed by atoms with van der Waals surface area (Å²) in [7, 11) is 0. The summed E-state index contributed by atoms with van der Waals surface area (Å²) in [5.74, 6) is -0.370. The molecule has 23 heavy (non-hydrogen) atoms. The number of hydrogen-bond acceptors (Lipinski definition) is 2. The smallest absolute Gasteiger partial charge is 0.224 e. The Balaban J connectivity index is 1.46. The fraction of sp³-hybridized carbons (Fsp3) is 0.316. The maximum atomic E-state index is 13.3. The van der Waals surface area contributed by atoms with Crippen LogP contribution in [0, 0.1) is 11.7 Å². The normalized spacial score (nSPS) is 28.3. The highest BCUT2D eigenvalue weighted by molar-refractivity contribution is 5.83. The van der Waals surface area contributed by atoms with Gasteiger partial charge in [-0.1, -0.05) is 36.4 Å². The molecule has 2 N–H and O–H groups in total. The topological polar surface area (TPSA) is 49.3 Å². The minimum Gasteiger partial charge on any atom is -0.390 e. The zero-order valence-corrected chi connectivity index (χ0v) is 12.6. The van der Waals surface area contributed by atoms with E-state index < -0.39 is 6.10 Å². The van der Waals surface area contributed by atoms with Gasteiger partial charge in [-0.2, -0.15) is 0 Å². The van der Waals surface area contributed by atoms with E-state index >= 15 is 0 Å². The van der Waals surface area contributed by atoms with E-state index in [1.807, 2.05) is 30.3 Å². The number of hydrogen-bond donors (Lipinski definition) is 2. The first-order valence-electron chi connectivity index (χ1n) is 7.95. The number of amides is 1. The molecule has 0 bridgehead atoms. The number of fused-ring (bicyclic) bond motifs is 1. The van der Waals surface area contributed by atoms with Crippen LogP contribution in [0.3, 0.4) is 0 Å². The van der Waals surface area contributed by atoms with Crippen LogP contribution in [0.4, 0.5) is 4.39 Å². The molecule has 0 heterocycles. The standard InChI is InChI=1S/C19H18FNO2/c20-13-6-3-5-11(8-13)15-10-16(15)19(23)21-18-14-7-2-1-4-12(14)9-17(18)22/h1-8,15-18,22H,9-10H2,(H,21,23)/t15?,16?,17-,18+/m1/s1. The summed E-state index contributed by atoms with van der Waals surface area (Å²) >= 11 is 0. The predicted octanol–water partition coefficient (Wildman–Crippen LogP) is 2.70. The molecule has 4 rings (SSSR count). The zero-order chi connectivity index (χ0) is 16.0. The van der Waals surface area contributed by atoms with Crippen LogP contribution >= 0.6 is 0 Å². The highest BCUT2D eigenvalue weighted by Crippen LogP contribution is 2.48. The van der Waals surface area contributed by atoms with Crippen molar-refractivity contribution in [3.63, 3.8) is 0 Å². The van der Waals surface area contributed by atoms with Gasteiger partial charge in [0.05, 0.1) is 12.1 Å². The molecule has 0 aliphatic heterocycles. The van der Waals surface area contributed by atoms with Crippen LogP contribution < -0.4 is 5.32 Å². The molecule has 4 heteroatoms. The quantitative estimate of drug-likeness (QED) is 0.915. The molecule has 2 aromatic carbocycles. The van der Waals surface area contributed by atoms with Gasteiger partial charge in [0.15, 0.2) is 0 Å². The lowest BCUT2D eigenvalue weighted by Crippen LogP contribution is -2.35. The first-order chi connectivity index (χ1) is 11.1. The van der Waals surface area contributed by atoms with Crippen LogP contribution in [0.5, 0.6) is 0 Å². The van der Waals surface area contributed by atoms with E-state index in [4.69, 9.17) is 0 Å². The van der Waals surface area contributed by atoms with Crippen molar-refractivity contribution in [2.45, 2.75) is 30.9 Å². The molecule has 0 radical (unpaired) electrons. The minimum atomic E-state index is -0.581. The number of aliphatic hydroxyl groups is 1. The summed E-state index contributed by atoms with van der Waals surface area (Å²) in [4.78, 5) is 12.5. The number of nitrogens with one attached hydrogen (secondary N) is 1. The number of benzene rings is 2. The number of aliphatic hydroxyl groups excluding tert-OH is 1. The van der Waals surface area contributed by atoms with E-state index in [1.165, 1.54) is 12.1 Å². The summed E-state index contributed by atoms with van der Waals surface area (Å²) in [6.45, 7) is 0. The van der Waals surface area contributed by atoms with E-state index in [9.17, 15) is 14.3 Å². The Morgan fingerprint density at radius 3 is 2.83 bits per heavy atom. The van der Waals surface area contributed by atoms with E-state index in [0.29, 0.717) is 6.42 Å². The second kappa shape index (κ2) is 5.46. The predicted molar refractivity (Wildman–Crippen MR) is 84.3 cm³/mol. The SMILES string of the molecule is O=C(N[C@H]1c2ccccc2C[C@H]1O)C1CC1c1cccc(F)c1. The first kappa shape index (κ1) is 14.4. The number of carbonyl (C=O) groups is 1. The number of rotatable bonds is 3. The van der Waals surface area contributed by atoms with Gasteiger partial charge in [-0.05, 0) is 41.2 Å². The summed E-state index contributed by atoms with van der Waals surface area (Å²) in [6.07, 6.45) is 0.724. The zero-order valence-electron chi connectivity index (χ0n) is 12.6. The Hall–Kier alpha value is -2.20. The molecular weight excluding hydrogens is 293 g/mol. The minimum absolute atomic E-state index is 0.0555. The molecule has 1 saturated carbocycles. The Morgan fingerprint density at radius 1 is 1.17 bits per heavy atom. The highest BCUT2D eigenvalue weighted by Gasteiger charge is 2.45. The van der Waals surface area contributed by atoms with E-state index in [2.05, 4.69) is 5.32 Å². The van der Waals surface area contributed by atoms with Gasteiger partial charge in [-0.3, -0.25) is 4.79 Å². The lowest BCUT2D eigenvalue weighted by molar-refractivity contribution is -0.123. The highest BCUT2D eigenvalue weighted by atomic mass is 19.1. The van der Waals surface area contributed by atoms with Crippen LogP contribution in [-0.4, -0.2) is 17.1 Å². The van der Waals surface area contributed by atoms with Gasteiger partial charge in [-0.15, -0.1) is 0 Å². The van der Waals surface area contributed by atoms with Gasteiger partial charge < -0.3 is 10.4 Å². The summed E-state index contributed by atoms with van der Waals surface area (Å²) < 4.78 is 13.3. The molecule has 118 valence electrons. The molecule has 0 saturated heterocycles. The van der Waals surface area contributed by atoms with Gasteiger partial charge in [-0.25, -0.2) is 4.39 Å². The van der Waals surface area contributed by atoms with Gasteiger partial charge in [0.25, 0.3) is 0 Å². The van der Waals surface area contributed by atoms with Crippen LogP contribution in [0.1, 0.15) is 35.1 Å². The average Bonchev–Trinajstić information content (AvgIpc) is 3.28. The van der Waals surface area contributed by atoms with Crippen molar-refractivity contribution in [1.29, 1.82) is 0 Å². The first-order valence-corrected chi connectivity index (χ1v) is 7.95. The molecule has 3 nitrogen and oxygen atoms in total. The van der Waals surface area contributed by atoms with Gasteiger partial charge in [0, 0.05) is 12.3 Å². The average molecular weight is 311 g/mol. The van der Waals surface area contributed by atoms with Crippen molar-refractivity contribution in [2.75, 3.05) is 0 Å². The Bertz CT molecular complexity index is 761. The van der Waals surface area contributed by atoms with E-state index in [1.54, 1.807) is 6.07 Å². The Morgan fingerprint density at radius 2 is 2.00 bits per heavy atom. The largest absolute Gasteiger partial charge is 0.390 e.